The van der Waals surface area contributed by atoms with Gasteiger partial charge in [-0.15, -0.1) is 0 Å². The molecule has 1 aliphatic carbocycles. The summed E-state index contributed by atoms with van der Waals surface area (Å²) in [7, 11) is 5.56. The van der Waals surface area contributed by atoms with Crippen LogP contribution in [0.15, 0.2) is 73.1 Å². The second-order valence-corrected chi connectivity index (χ2v) is 17.8. The highest BCUT2D eigenvalue weighted by Gasteiger charge is 2.55. The number of aromatic amines is 2. The Bertz CT molecular complexity index is 2520. The van der Waals surface area contributed by atoms with Gasteiger partial charge < -0.3 is 49.3 Å². The van der Waals surface area contributed by atoms with Crippen molar-refractivity contribution in [3.63, 3.8) is 0 Å². The monoisotopic (exact) mass is 874 g/mol. The van der Waals surface area contributed by atoms with Crippen LogP contribution >= 0.6 is 0 Å². The number of nitrogens with one attached hydrogen (secondary N) is 4. The van der Waals surface area contributed by atoms with Crippen LogP contribution in [0, 0.1) is 11.3 Å². The van der Waals surface area contributed by atoms with Gasteiger partial charge in [-0.05, 0) is 97.4 Å². The van der Waals surface area contributed by atoms with Crippen LogP contribution in [0.4, 0.5) is 9.59 Å². The second-order valence-electron chi connectivity index (χ2n) is 17.8. The van der Waals surface area contributed by atoms with E-state index in [1.807, 2.05) is 22.9 Å². The van der Waals surface area contributed by atoms with Crippen LogP contribution in [0.1, 0.15) is 77.1 Å². The highest BCUT2D eigenvalue weighted by molar-refractivity contribution is 5.91. The molecule has 0 radical (unpaired) electrons. The van der Waals surface area contributed by atoms with Crippen molar-refractivity contribution < 1.29 is 38.1 Å². The number of carbonyl (C=O) groups is 4. The number of H-pyrrole nitrogens is 2. The Balaban J connectivity index is 0.968. The van der Waals surface area contributed by atoms with Gasteiger partial charge in [-0.25, -0.2) is 19.6 Å². The third-order valence-electron chi connectivity index (χ3n) is 13.6. The summed E-state index contributed by atoms with van der Waals surface area (Å²) >= 11 is 0. The first-order chi connectivity index (χ1) is 30.8. The first kappa shape index (κ1) is 44.4. The van der Waals surface area contributed by atoms with Gasteiger partial charge in [-0.3, -0.25) is 9.59 Å². The molecule has 2 aromatic heterocycles. The molecule has 4 heterocycles. The lowest BCUT2D eigenvalue weighted by molar-refractivity contribution is -0.140. The zero-order valence-electron chi connectivity index (χ0n) is 37.6. The van der Waals surface area contributed by atoms with E-state index in [1.165, 1.54) is 28.4 Å². The molecule has 8 atom stereocenters. The highest BCUT2D eigenvalue weighted by atomic mass is 16.5. The Kier molecular flexibility index (Phi) is 12.5. The molecule has 2 unspecified atom stereocenters. The molecular weight excluding hydrogens is 817 g/mol. The Morgan fingerprint density at radius 2 is 1.22 bits per heavy atom. The second kappa shape index (κ2) is 18.1. The van der Waals surface area contributed by atoms with E-state index in [4.69, 9.17) is 28.9 Å². The molecule has 2 saturated heterocycles. The molecule has 1 spiro atoms. The molecule has 16 nitrogen and oxygen atoms in total. The summed E-state index contributed by atoms with van der Waals surface area (Å²) in [5, 5.41) is 7.50. The summed E-state index contributed by atoms with van der Waals surface area (Å²) in [6.07, 6.45) is 4.80. The molecule has 3 aromatic carbocycles. The van der Waals surface area contributed by atoms with E-state index in [9.17, 15) is 19.2 Å². The minimum absolute atomic E-state index is 0.0721. The van der Waals surface area contributed by atoms with Crippen molar-refractivity contribution in [1.29, 1.82) is 0 Å². The fourth-order valence-corrected chi connectivity index (χ4v) is 9.62. The van der Waals surface area contributed by atoms with Crippen molar-refractivity contribution in [2.75, 3.05) is 35.0 Å². The van der Waals surface area contributed by atoms with Crippen molar-refractivity contribution in [3.8, 4) is 33.6 Å². The van der Waals surface area contributed by atoms with Gasteiger partial charge in [0.25, 0.3) is 0 Å². The van der Waals surface area contributed by atoms with Crippen LogP contribution in [0.5, 0.6) is 0 Å². The van der Waals surface area contributed by atoms with Crippen LogP contribution in [-0.4, -0.2) is 119 Å². The van der Waals surface area contributed by atoms with Gasteiger partial charge in [0, 0.05) is 32.4 Å². The summed E-state index contributed by atoms with van der Waals surface area (Å²) in [6.45, 7) is 8.23. The summed E-state index contributed by atoms with van der Waals surface area (Å²) in [6, 6.07) is 18.6. The molecule has 1 saturated carbocycles. The Hall–Kier alpha value is -6.26. The van der Waals surface area contributed by atoms with Crippen LogP contribution < -0.4 is 10.6 Å². The number of hydrogen-bond donors (Lipinski definition) is 4. The normalized spacial score (nSPS) is 21.9. The molecule has 4 amide bonds. The molecule has 3 aliphatic rings. The fourth-order valence-electron chi connectivity index (χ4n) is 9.62. The molecule has 64 heavy (non-hydrogen) atoms. The molecule has 16 heteroatoms. The fraction of sp³-hybridized carbons (Fsp3) is 0.458. The van der Waals surface area contributed by atoms with Gasteiger partial charge in [0.05, 0.1) is 62.3 Å². The van der Waals surface area contributed by atoms with Crippen LogP contribution in [0.25, 0.3) is 44.4 Å². The van der Waals surface area contributed by atoms with E-state index in [-0.39, 0.29) is 41.3 Å². The highest BCUT2D eigenvalue weighted by Crippen LogP contribution is 2.58. The Morgan fingerprint density at radius 3 is 1.81 bits per heavy atom. The van der Waals surface area contributed by atoms with Gasteiger partial charge in [0.1, 0.15) is 23.7 Å². The average Bonchev–Trinajstić information content (AvgIpc) is 3.72. The quantitative estimate of drug-likeness (QED) is 0.0944. The zero-order chi connectivity index (χ0) is 45.4. The van der Waals surface area contributed by atoms with E-state index < -0.39 is 36.5 Å². The lowest BCUT2D eigenvalue weighted by Crippen LogP contribution is -2.55. The van der Waals surface area contributed by atoms with E-state index in [0.29, 0.717) is 12.4 Å². The van der Waals surface area contributed by atoms with Gasteiger partial charge in [0.15, 0.2) is 0 Å². The third kappa shape index (κ3) is 8.68. The summed E-state index contributed by atoms with van der Waals surface area (Å²) < 4.78 is 20.6. The summed E-state index contributed by atoms with van der Waals surface area (Å²) in [4.78, 5) is 72.6. The number of hydrogen-bond acceptors (Lipinski definition) is 10. The minimum Gasteiger partial charge on any atom is -0.453 e. The number of likely N-dealkylation sites (tertiary alicyclic amines) is 2. The summed E-state index contributed by atoms with van der Waals surface area (Å²) in [5.74, 6) is 1.05. The number of methoxy groups -OCH3 is 4. The van der Waals surface area contributed by atoms with E-state index in [0.717, 1.165) is 75.9 Å². The number of nitrogens with zero attached hydrogens (tertiary/aromatic N) is 4. The zero-order valence-corrected chi connectivity index (χ0v) is 37.6. The van der Waals surface area contributed by atoms with Crippen molar-refractivity contribution in [3.05, 3.63) is 84.7 Å². The number of alkyl carbamates (subject to hydrolysis) is 2. The Morgan fingerprint density at radius 1 is 0.703 bits per heavy atom. The number of aromatic nitrogens is 4. The molecular formula is C48H58N8O8. The van der Waals surface area contributed by atoms with Crippen molar-refractivity contribution in [2.45, 2.75) is 95.8 Å². The van der Waals surface area contributed by atoms with Crippen molar-refractivity contribution in [1.82, 2.24) is 40.4 Å². The van der Waals surface area contributed by atoms with Gasteiger partial charge in [-0.1, -0.05) is 55.5 Å². The minimum atomic E-state index is -0.926. The lowest BCUT2D eigenvalue weighted by atomic mass is 9.98. The SMILES string of the molecule is COC(=O)N[C@H](C(=O)N1CC2(CC2)C[C@H]1c1ncc(-c2ccc3cc(-c4ccc(-c5cnc([C@@H]6[C@@H](C)C[C@@H](C)N6C(=O)[C@@H](NC(=O)OC)C(C)OC)[nH]5)cc4)ccc3c2)[nH]1)C(C)OC. The third-order valence-corrected chi connectivity index (χ3v) is 13.6. The smallest absolute Gasteiger partial charge is 0.407 e. The molecule has 4 N–H and O–H groups in total. The number of rotatable bonds is 13. The van der Waals surface area contributed by atoms with Gasteiger partial charge >= 0.3 is 12.2 Å². The number of benzene rings is 3. The molecule has 8 rings (SSSR count). The number of amides is 4. The van der Waals surface area contributed by atoms with Crippen LogP contribution in [-0.2, 0) is 28.5 Å². The van der Waals surface area contributed by atoms with Gasteiger partial charge in [0.2, 0.25) is 11.8 Å². The van der Waals surface area contributed by atoms with Crippen LogP contribution in [0.3, 0.4) is 0 Å². The van der Waals surface area contributed by atoms with E-state index >= 15 is 0 Å². The number of fused-ring (bicyclic) bond motifs is 1. The number of ether oxygens (including phenoxy) is 4. The van der Waals surface area contributed by atoms with Crippen molar-refractivity contribution >= 4 is 34.8 Å². The predicted molar refractivity (Wildman–Crippen MR) is 240 cm³/mol. The van der Waals surface area contributed by atoms with Gasteiger partial charge in [-0.2, -0.15) is 0 Å². The lowest BCUT2D eigenvalue weighted by Gasteiger charge is -2.34. The standard InChI is InChI=1S/C48H58N8O8/c1-26-19-27(2)56(45(58)40(29(4)62-6)54-47(60)64-8)41(26)43-50-23-36(52-43)31-11-9-30(10-12-31)32-13-14-34-21-35(16-15-33(34)20-32)37-24-49-42(51-37)38-22-48(17-18-48)25-55(38)44(57)39(28(3)61-5)53-46(59)63-7/h9-16,20-21,23-24,26-29,38-41H,17-19,22,25H2,1-8H3,(H,49,51)(H,50,52)(H,53,59)(H,54,60)/t26-,27+,28?,29?,38-,39-,40-,41-/m0/s1. The summed E-state index contributed by atoms with van der Waals surface area (Å²) in [5.41, 5.74) is 5.84. The largest absolute Gasteiger partial charge is 0.453 e. The van der Waals surface area contributed by atoms with E-state index in [1.54, 1.807) is 20.0 Å². The molecule has 5 aromatic rings. The molecule has 338 valence electrons. The maximum Gasteiger partial charge on any atom is 0.407 e. The average molecular weight is 875 g/mol. The van der Waals surface area contributed by atoms with E-state index in [2.05, 4.69) is 88.2 Å². The Labute approximate surface area is 372 Å². The molecule has 3 fully saturated rings. The predicted octanol–water partition coefficient (Wildman–Crippen LogP) is 7.16. The molecule has 0 bridgehead atoms. The number of imidazole rings is 2. The van der Waals surface area contributed by atoms with Crippen molar-refractivity contribution in [2.24, 2.45) is 11.3 Å². The topological polar surface area (TPSA) is 193 Å². The number of carbonyl (C=O) groups excluding carboxylic acids is 4. The van der Waals surface area contributed by atoms with Crippen LogP contribution in [0.2, 0.25) is 0 Å². The first-order valence-electron chi connectivity index (χ1n) is 21.9. The first-order valence-corrected chi connectivity index (χ1v) is 21.9. The molecule has 2 aliphatic heterocycles. The maximum absolute atomic E-state index is 14.0. The maximum atomic E-state index is 14.0.